The van der Waals surface area contributed by atoms with Crippen molar-refractivity contribution >= 4 is 35.1 Å². The summed E-state index contributed by atoms with van der Waals surface area (Å²) in [6.07, 6.45) is 2.48. The Morgan fingerprint density at radius 3 is 2.65 bits per heavy atom. The maximum absolute atomic E-state index is 5.52. The average molecular weight is 294 g/mol. The van der Waals surface area contributed by atoms with E-state index in [1.165, 1.54) is 12.8 Å². The number of aromatic nitrogens is 2. The summed E-state index contributed by atoms with van der Waals surface area (Å²) in [5.41, 5.74) is 6.51. The largest absolute Gasteiger partial charge is 0.356 e. The monoisotopic (exact) mass is 293 g/mol. The van der Waals surface area contributed by atoms with Gasteiger partial charge in [0, 0.05) is 31.6 Å². The Hall–Kier alpha value is -1.59. The summed E-state index contributed by atoms with van der Waals surface area (Å²) in [6, 6.07) is 8.17. The number of halogens is 1. The van der Waals surface area contributed by atoms with Crippen molar-refractivity contribution < 1.29 is 0 Å². The van der Waals surface area contributed by atoms with Crippen LogP contribution in [0.25, 0.3) is 10.9 Å². The van der Waals surface area contributed by atoms with Crippen LogP contribution in [0.15, 0.2) is 24.3 Å². The molecule has 0 aliphatic carbocycles. The quantitative estimate of drug-likeness (QED) is 0.903. The van der Waals surface area contributed by atoms with Crippen molar-refractivity contribution in [3.05, 3.63) is 24.3 Å². The van der Waals surface area contributed by atoms with Crippen LogP contribution in [0.4, 0.5) is 11.8 Å². The van der Waals surface area contributed by atoms with Gasteiger partial charge in [-0.3, -0.25) is 0 Å². The second-order valence-corrected chi connectivity index (χ2v) is 4.80. The predicted octanol–water partition coefficient (Wildman–Crippen LogP) is 2.02. The third-order valence-electron chi connectivity index (χ3n) is 3.42. The summed E-state index contributed by atoms with van der Waals surface area (Å²) < 4.78 is 0. The highest BCUT2D eigenvalue weighted by Crippen LogP contribution is 2.27. The molecule has 0 spiro atoms. The van der Waals surface area contributed by atoms with Gasteiger partial charge < -0.3 is 16.0 Å². The van der Waals surface area contributed by atoms with Crippen LogP contribution in [-0.2, 0) is 0 Å². The van der Waals surface area contributed by atoms with Crippen LogP contribution in [0.2, 0.25) is 0 Å². The highest BCUT2D eigenvalue weighted by Gasteiger charge is 2.17. The molecule has 1 aliphatic heterocycles. The number of para-hydroxylation sites is 1. The van der Waals surface area contributed by atoms with Crippen molar-refractivity contribution in [3.63, 3.8) is 0 Å². The smallest absolute Gasteiger partial charge is 0.225 e. The maximum Gasteiger partial charge on any atom is 0.225 e. The number of nitrogens with one attached hydrogen (secondary N) is 1. The molecule has 1 aliphatic rings. The van der Waals surface area contributed by atoms with Crippen LogP contribution in [0.1, 0.15) is 12.8 Å². The molecule has 2 aromatic rings. The van der Waals surface area contributed by atoms with Gasteiger partial charge in [-0.15, -0.1) is 12.4 Å². The van der Waals surface area contributed by atoms with E-state index >= 15 is 0 Å². The number of nitrogens with two attached hydrogens (primary N) is 1. The zero-order chi connectivity index (χ0) is 13.1. The second-order valence-electron chi connectivity index (χ2n) is 4.80. The fourth-order valence-corrected chi connectivity index (χ4v) is 2.49. The highest BCUT2D eigenvalue weighted by atomic mass is 35.5. The molecule has 1 saturated heterocycles. The van der Waals surface area contributed by atoms with E-state index in [4.69, 9.17) is 5.73 Å². The minimum atomic E-state index is 0. The zero-order valence-electron chi connectivity index (χ0n) is 11.4. The molecule has 3 N–H and O–H groups in total. The molecule has 5 nitrogen and oxygen atoms in total. The lowest BCUT2D eigenvalue weighted by Gasteiger charge is -2.19. The Kier molecular flexibility index (Phi) is 4.98. The molecule has 0 bridgehead atoms. The molecule has 1 aromatic carbocycles. The van der Waals surface area contributed by atoms with Crippen molar-refractivity contribution in [3.8, 4) is 0 Å². The van der Waals surface area contributed by atoms with E-state index in [0.717, 1.165) is 29.8 Å². The van der Waals surface area contributed by atoms with E-state index in [1.54, 1.807) is 0 Å². The minimum Gasteiger partial charge on any atom is -0.356 e. The normalized spacial score (nSPS) is 14.3. The Balaban J connectivity index is 0.00000147. The summed E-state index contributed by atoms with van der Waals surface area (Å²) in [5.74, 6) is 1.72. The van der Waals surface area contributed by atoms with Crippen molar-refractivity contribution in [1.29, 1.82) is 0 Å². The number of nitrogens with zero attached hydrogens (tertiary/aromatic N) is 3. The van der Waals surface area contributed by atoms with Gasteiger partial charge in [0.25, 0.3) is 0 Å². The van der Waals surface area contributed by atoms with Crippen LogP contribution < -0.4 is 16.0 Å². The molecular weight excluding hydrogens is 274 g/mol. The van der Waals surface area contributed by atoms with E-state index < -0.39 is 0 Å². The van der Waals surface area contributed by atoms with E-state index in [-0.39, 0.29) is 12.4 Å². The fourth-order valence-electron chi connectivity index (χ4n) is 2.49. The standard InChI is InChI=1S/C14H19N5.ClH/c15-7-8-16-14-17-12-6-2-1-5-11(12)13(18-14)19-9-3-4-10-19;/h1-2,5-6H,3-4,7-10,15H2,(H,16,17,18);1H. The van der Waals surface area contributed by atoms with Crippen molar-refractivity contribution in [2.75, 3.05) is 36.4 Å². The summed E-state index contributed by atoms with van der Waals surface area (Å²) in [7, 11) is 0. The van der Waals surface area contributed by atoms with E-state index in [1.807, 2.05) is 18.2 Å². The van der Waals surface area contributed by atoms with Gasteiger partial charge in [-0.1, -0.05) is 12.1 Å². The number of benzene rings is 1. The highest BCUT2D eigenvalue weighted by molar-refractivity contribution is 5.90. The SMILES string of the molecule is Cl.NCCNc1nc(N2CCCC2)c2ccccc2n1. The van der Waals surface area contributed by atoms with Gasteiger partial charge >= 0.3 is 0 Å². The molecule has 3 rings (SSSR count). The lowest BCUT2D eigenvalue weighted by Crippen LogP contribution is -2.21. The van der Waals surface area contributed by atoms with E-state index in [0.29, 0.717) is 19.0 Å². The first kappa shape index (κ1) is 14.8. The third kappa shape index (κ3) is 2.94. The molecular formula is C14H20ClN5. The molecule has 2 heterocycles. The number of rotatable bonds is 4. The van der Waals surface area contributed by atoms with Crippen molar-refractivity contribution in [2.45, 2.75) is 12.8 Å². The molecule has 0 atom stereocenters. The molecule has 0 radical (unpaired) electrons. The van der Waals surface area contributed by atoms with Gasteiger partial charge in [-0.2, -0.15) is 4.98 Å². The molecule has 0 amide bonds. The van der Waals surface area contributed by atoms with E-state index in [2.05, 4.69) is 26.3 Å². The number of hydrogen-bond acceptors (Lipinski definition) is 5. The summed E-state index contributed by atoms with van der Waals surface area (Å²) in [5, 5.41) is 4.30. The molecule has 1 fully saturated rings. The molecule has 108 valence electrons. The lowest BCUT2D eigenvalue weighted by molar-refractivity contribution is 0.931. The lowest BCUT2D eigenvalue weighted by atomic mass is 10.2. The Morgan fingerprint density at radius 2 is 1.90 bits per heavy atom. The summed E-state index contributed by atoms with van der Waals surface area (Å²) in [6.45, 7) is 3.43. The average Bonchev–Trinajstić information content (AvgIpc) is 2.98. The first-order valence-electron chi connectivity index (χ1n) is 6.84. The van der Waals surface area contributed by atoms with Crippen molar-refractivity contribution in [1.82, 2.24) is 9.97 Å². The summed E-state index contributed by atoms with van der Waals surface area (Å²) in [4.78, 5) is 11.6. The molecule has 0 saturated carbocycles. The van der Waals surface area contributed by atoms with Crippen LogP contribution in [-0.4, -0.2) is 36.1 Å². The van der Waals surface area contributed by atoms with Crippen molar-refractivity contribution in [2.24, 2.45) is 5.73 Å². The summed E-state index contributed by atoms with van der Waals surface area (Å²) >= 11 is 0. The third-order valence-corrected chi connectivity index (χ3v) is 3.42. The topological polar surface area (TPSA) is 67.1 Å². The molecule has 1 aromatic heterocycles. The van der Waals surface area contributed by atoms with Gasteiger partial charge in [0.2, 0.25) is 5.95 Å². The predicted molar refractivity (Wildman–Crippen MR) is 85.8 cm³/mol. The number of anilines is 2. The first-order valence-corrected chi connectivity index (χ1v) is 6.84. The van der Waals surface area contributed by atoms with Crippen LogP contribution >= 0.6 is 12.4 Å². The molecule has 20 heavy (non-hydrogen) atoms. The number of hydrogen-bond donors (Lipinski definition) is 2. The second kappa shape index (κ2) is 6.72. The Labute approximate surface area is 125 Å². The van der Waals surface area contributed by atoms with E-state index in [9.17, 15) is 0 Å². The van der Waals surface area contributed by atoms with Crippen LogP contribution in [0, 0.1) is 0 Å². The van der Waals surface area contributed by atoms with Crippen LogP contribution in [0.3, 0.4) is 0 Å². The fraction of sp³-hybridized carbons (Fsp3) is 0.429. The molecule has 6 heteroatoms. The van der Waals surface area contributed by atoms with Gasteiger partial charge in [-0.05, 0) is 25.0 Å². The molecule has 0 unspecified atom stereocenters. The number of fused-ring (bicyclic) bond motifs is 1. The Morgan fingerprint density at radius 1 is 1.15 bits per heavy atom. The van der Waals surface area contributed by atoms with Gasteiger partial charge in [0.05, 0.1) is 5.52 Å². The van der Waals surface area contributed by atoms with Gasteiger partial charge in [-0.25, -0.2) is 4.98 Å². The van der Waals surface area contributed by atoms with Crippen LogP contribution in [0.5, 0.6) is 0 Å². The Bertz CT molecular complexity index is 568. The minimum absolute atomic E-state index is 0. The van der Waals surface area contributed by atoms with Gasteiger partial charge in [0.15, 0.2) is 0 Å². The zero-order valence-corrected chi connectivity index (χ0v) is 12.2. The van der Waals surface area contributed by atoms with Gasteiger partial charge in [0.1, 0.15) is 5.82 Å². The maximum atomic E-state index is 5.52. The first-order chi connectivity index (χ1) is 9.38.